The van der Waals surface area contributed by atoms with E-state index in [4.69, 9.17) is 0 Å². The molecule has 0 fully saturated rings. The Morgan fingerprint density at radius 1 is 1.07 bits per heavy atom. The van der Waals surface area contributed by atoms with Crippen LogP contribution in [-0.2, 0) is 20.4 Å². The van der Waals surface area contributed by atoms with Crippen molar-refractivity contribution < 1.29 is 29.2 Å². The summed E-state index contributed by atoms with van der Waals surface area (Å²) in [5, 5.41) is 0. The molecule has 0 N–H and O–H groups in total. The molecule has 0 aliphatic carbocycles. The van der Waals surface area contributed by atoms with Crippen LogP contribution in [0.5, 0.6) is 0 Å². The third kappa shape index (κ3) is 2.71. The van der Waals surface area contributed by atoms with Gasteiger partial charge in [0.05, 0.1) is 0 Å². The van der Waals surface area contributed by atoms with Crippen LogP contribution in [0.1, 0.15) is 0 Å². The Balaban J connectivity index is 0.00000112. The maximum atomic E-state index is 13.2. The zero-order valence-corrected chi connectivity index (χ0v) is 9.09. The van der Waals surface area contributed by atoms with Crippen LogP contribution in [0, 0.1) is 23.8 Å². The zero-order chi connectivity index (χ0) is 9.97. The molecule has 78 valence electrons. The molecular weight excluding hydrogens is 289 g/mol. The standard InChI is InChI=1S/C12H6F2.Pd/c13-10-6-7-11(12(14)8-10)9-4-2-1-3-5-9;/h1-4,6,8H;/q-2;+2. The molecule has 0 saturated heterocycles. The van der Waals surface area contributed by atoms with Gasteiger partial charge in [0.15, 0.2) is 0 Å². The Morgan fingerprint density at radius 2 is 1.87 bits per heavy atom. The normalized spacial score (nSPS) is 9.47. The van der Waals surface area contributed by atoms with Crippen molar-refractivity contribution in [3.63, 3.8) is 0 Å². The third-order valence-electron chi connectivity index (χ3n) is 1.84. The van der Waals surface area contributed by atoms with Gasteiger partial charge < -0.3 is 0 Å². The summed E-state index contributed by atoms with van der Waals surface area (Å²) in [5.74, 6) is -1.24. The number of hydrogen-bond acceptors (Lipinski definition) is 0. The van der Waals surface area contributed by atoms with E-state index in [9.17, 15) is 8.78 Å². The number of halogens is 2. The molecule has 0 bridgehead atoms. The molecule has 3 heteroatoms. The van der Waals surface area contributed by atoms with Crippen LogP contribution in [0.15, 0.2) is 36.4 Å². The van der Waals surface area contributed by atoms with Crippen LogP contribution < -0.4 is 0 Å². The van der Waals surface area contributed by atoms with Gasteiger partial charge in [-0.2, -0.15) is 35.9 Å². The Kier molecular flexibility index (Phi) is 4.14. The fourth-order valence-corrected chi connectivity index (χ4v) is 1.20. The Morgan fingerprint density at radius 3 is 2.47 bits per heavy atom. The summed E-state index contributed by atoms with van der Waals surface area (Å²) < 4.78 is 25.8. The van der Waals surface area contributed by atoms with Gasteiger partial charge in [0.1, 0.15) is 0 Å². The fourth-order valence-electron chi connectivity index (χ4n) is 1.20. The summed E-state index contributed by atoms with van der Waals surface area (Å²) in [7, 11) is 0. The van der Waals surface area contributed by atoms with Crippen LogP contribution in [0.25, 0.3) is 11.1 Å². The molecular formula is C12H6F2Pd. The summed E-state index contributed by atoms with van der Waals surface area (Å²) in [6.07, 6.45) is 0. The molecule has 0 saturated carbocycles. The van der Waals surface area contributed by atoms with Crippen molar-refractivity contribution in [2.75, 3.05) is 0 Å². The number of rotatable bonds is 1. The Hall–Kier alpha value is -1.04. The average molecular weight is 295 g/mol. The average Bonchev–Trinajstić information content (AvgIpc) is 2.19. The van der Waals surface area contributed by atoms with Gasteiger partial charge in [-0.05, 0) is 5.82 Å². The molecule has 2 rings (SSSR count). The summed E-state index contributed by atoms with van der Waals surface area (Å²) >= 11 is 0. The van der Waals surface area contributed by atoms with Gasteiger partial charge >= 0.3 is 20.4 Å². The fraction of sp³-hybridized carbons (Fsp3) is 0. The first-order valence-corrected chi connectivity index (χ1v) is 4.11. The number of benzene rings is 2. The molecule has 0 amide bonds. The Labute approximate surface area is 101 Å². The molecule has 0 aromatic heterocycles. The van der Waals surface area contributed by atoms with Crippen molar-refractivity contribution >= 4 is 0 Å². The van der Waals surface area contributed by atoms with E-state index < -0.39 is 11.6 Å². The molecule has 0 heterocycles. The van der Waals surface area contributed by atoms with Crippen molar-refractivity contribution in [3.05, 3.63) is 60.2 Å². The van der Waals surface area contributed by atoms with Crippen LogP contribution in [0.4, 0.5) is 8.78 Å². The minimum absolute atomic E-state index is 0. The first-order valence-electron chi connectivity index (χ1n) is 4.11. The van der Waals surface area contributed by atoms with Crippen LogP contribution >= 0.6 is 0 Å². The molecule has 0 radical (unpaired) electrons. The third-order valence-corrected chi connectivity index (χ3v) is 1.84. The van der Waals surface area contributed by atoms with Gasteiger partial charge in [-0.3, -0.25) is 8.78 Å². The van der Waals surface area contributed by atoms with Gasteiger partial charge in [0, 0.05) is 5.82 Å². The molecule has 2 aromatic rings. The van der Waals surface area contributed by atoms with Crippen molar-refractivity contribution in [3.8, 4) is 11.1 Å². The first-order chi connectivity index (χ1) is 6.77. The van der Waals surface area contributed by atoms with Crippen LogP contribution in [-0.4, -0.2) is 0 Å². The van der Waals surface area contributed by atoms with E-state index in [0.29, 0.717) is 5.56 Å². The predicted octanol–water partition coefficient (Wildman–Crippen LogP) is 3.23. The van der Waals surface area contributed by atoms with E-state index in [1.165, 1.54) is 0 Å². The monoisotopic (exact) mass is 294 g/mol. The summed E-state index contributed by atoms with van der Waals surface area (Å²) in [6.45, 7) is 0. The maximum Gasteiger partial charge on any atom is 2.00 e. The maximum absolute atomic E-state index is 13.2. The SMILES string of the molecule is Fc1c[c-]c(-c2[c-]cccc2)c(F)c1.[Pd+2]. The topological polar surface area (TPSA) is 0 Å². The summed E-state index contributed by atoms with van der Waals surface area (Å²) in [6, 6.07) is 14.3. The second-order valence-electron chi connectivity index (χ2n) is 2.82. The minimum Gasteiger partial charge on any atom is -0.276 e. The van der Waals surface area contributed by atoms with Gasteiger partial charge in [-0.25, -0.2) is 5.56 Å². The van der Waals surface area contributed by atoms with Gasteiger partial charge in [-0.15, -0.1) is 12.1 Å². The van der Waals surface area contributed by atoms with E-state index in [2.05, 4.69) is 12.1 Å². The van der Waals surface area contributed by atoms with E-state index in [-0.39, 0.29) is 26.0 Å². The zero-order valence-electron chi connectivity index (χ0n) is 7.54. The molecule has 0 aliphatic heterocycles. The number of hydrogen-bond donors (Lipinski definition) is 0. The minimum atomic E-state index is -0.623. The molecule has 0 atom stereocenters. The van der Waals surface area contributed by atoms with Gasteiger partial charge in [-0.1, -0.05) is 6.07 Å². The molecule has 0 aliphatic rings. The van der Waals surface area contributed by atoms with Gasteiger partial charge in [0.2, 0.25) is 0 Å². The van der Waals surface area contributed by atoms with Crippen LogP contribution in [0.2, 0.25) is 0 Å². The van der Waals surface area contributed by atoms with Crippen molar-refractivity contribution in [2.24, 2.45) is 0 Å². The van der Waals surface area contributed by atoms with E-state index in [0.717, 1.165) is 12.1 Å². The molecule has 0 nitrogen and oxygen atoms in total. The molecule has 15 heavy (non-hydrogen) atoms. The van der Waals surface area contributed by atoms with E-state index in [1.807, 2.05) is 0 Å². The van der Waals surface area contributed by atoms with Crippen molar-refractivity contribution in [1.82, 2.24) is 0 Å². The summed E-state index contributed by atoms with van der Waals surface area (Å²) in [5.41, 5.74) is 0.817. The first kappa shape index (κ1) is 12.0. The quantitative estimate of drug-likeness (QED) is 0.559. The van der Waals surface area contributed by atoms with E-state index in [1.54, 1.807) is 24.3 Å². The van der Waals surface area contributed by atoms with Crippen molar-refractivity contribution in [1.29, 1.82) is 0 Å². The van der Waals surface area contributed by atoms with Gasteiger partial charge in [0.25, 0.3) is 0 Å². The molecule has 2 aromatic carbocycles. The predicted molar refractivity (Wildman–Crippen MR) is 49.5 cm³/mol. The largest absolute Gasteiger partial charge is 2.00 e. The smallest absolute Gasteiger partial charge is 0.276 e. The van der Waals surface area contributed by atoms with Crippen LogP contribution in [0.3, 0.4) is 0 Å². The van der Waals surface area contributed by atoms with Crippen molar-refractivity contribution in [2.45, 2.75) is 0 Å². The molecule has 0 spiro atoms. The summed E-state index contributed by atoms with van der Waals surface area (Å²) in [4.78, 5) is 0. The molecule has 0 unspecified atom stereocenters. The second-order valence-corrected chi connectivity index (χ2v) is 2.82. The Bertz CT molecular complexity index is 441. The van der Waals surface area contributed by atoms with E-state index >= 15 is 0 Å². The second kappa shape index (κ2) is 5.16.